The van der Waals surface area contributed by atoms with Gasteiger partial charge in [-0.3, -0.25) is 15.1 Å². The van der Waals surface area contributed by atoms with Crippen molar-refractivity contribution in [2.45, 2.75) is 12.5 Å². The fourth-order valence-corrected chi connectivity index (χ4v) is 3.16. The van der Waals surface area contributed by atoms with Gasteiger partial charge in [-0.15, -0.1) is 0 Å². The highest BCUT2D eigenvalue weighted by molar-refractivity contribution is 6.35. The van der Waals surface area contributed by atoms with Crippen LogP contribution in [0.2, 0.25) is 5.02 Å². The topological polar surface area (TPSA) is 112 Å². The SMILES string of the molecule is N#Cc1cnc2c(Cl)cc([N+](=O)[O-])cc2c1N[C@H](CCO)c1ccccc1. The van der Waals surface area contributed by atoms with Crippen molar-refractivity contribution in [1.29, 1.82) is 5.26 Å². The lowest BCUT2D eigenvalue weighted by Gasteiger charge is -2.21. The van der Waals surface area contributed by atoms with E-state index in [1.54, 1.807) is 0 Å². The Morgan fingerprint density at radius 1 is 1.33 bits per heavy atom. The third-order valence-corrected chi connectivity index (χ3v) is 4.47. The van der Waals surface area contributed by atoms with E-state index in [1.807, 2.05) is 30.3 Å². The summed E-state index contributed by atoms with van der Waals surface area (Å²) < 4.78 is 0. The fraction of sp³-hybridized carbons (Fsp3) is 0.158. The van der Waals surface area contributed by atoms with Crippen LogP contribution in [0.5, 0.6) is 0 Å². The number of aliphatic hydroxyl groups is 1. The third-order valence-electron chi connectivity index (χ3n) is 4.18. The zero-order valence-corrected chi connectivity index (χ0v) is 14.8. The number of hydrogen-bond acceptors (Lipinski definition) is 6. The van der Waals surface area contributed by atoms with Crippen molar-refractivity contribution in [2.75, 3.05) is 11.9 Å². The minimum Gasteiger partial charge on any atom is -0.396 e. The van der Waals surface area contributed by atoms with E-state index >= 15 is 0 Å². The van der Waals surface area contributed by atoms with E-state index in [0.29, 0.717) is 23.0 Å². The van der Waals surface area contributed by atoms with Gasteiger partial charge < -0.3 is 10.4 Å². The van der Waals surface area contributed by atoms with Gasteiger partial charge in [0, 0.05) is 30.3 Å². The predicted molar refractivity (Wildman–Crippen MR) is 103 cm³/mol. The molecule has 3 aromatic rings. The monoisotopic (exact) mass is 382 g/mol. The first-order valence-electron chi connectivity index (χ1n) is 8.14. The molecule has 0 fully saturated rings. The van der Waals surface area contributed by atoms with Gasteiger partial charge in [0.2, 0.25) is 0 Å². The number of benzene rings is 2. The van der Waals surface area contributed by atoms with Crippen LogP contribution in [0.25, 0.3) is 10.9 Å². The Labute approximate surface area is 160 Å². The van der Waals surface area contributed by atoms with Gasteiger partial charge in [-0.05, 0) is 12.0 Å². The molecule has 2 aromatic carbocycles. The smallest absolute Gasteiger partial charge is 0.271 e. The average molecular weight is 383 g/mol. The van der Waals surface area contributed by atoms with Gasteiger partial charge in [0.25, 0.3) is 5.69 Å². The third kappa shape index (κ3) is 3.82. The van der Waals surface area contributed by atoms with Crippen LogP contribution in [0.4, 0.5) is 11.4 Å². The highest BCUT2D eigenvalue weighted by atomic mass is 35.5. The van der Waals surface area contributed by atoms with Crippen molar-refractivity contribution in [3.63, 3.8) is 0 Å². The Morgan fingerprint density at radius 2 is 2.07 bits per heavy atom. The average Bonchev–Trinajstić information content (AvgIpc) is 2.68. The molecule has 0 aliphatic carbocycles. The molecule has 8 heteroatoms. The lowest BCUT2D eigenvalue weighted by Crippen LogP contribution is -2.14. The molecule has 0 radical (unpaired) electrons. The number of nitrogens with one attached hydrogen (secondary N) is 1. The van der Waals surface area contributed by atoms with Gasteiger partial charge in [-0.25, -0.2) is 0 Å². The van der Waals surface area contributed by atoms with Gasteiger partial charge in [0.15, 0.2) is 0 Å². The maximum absolute atomic E-state index is 11.2. The lowest BCUT2D eigenvalue weighted by atomic mass is 10.0. The number of anilines is 1. The summed E-state index contributed by atoms with van der Waals surface area (Å²) in [5, 5.41) is 33.9. The molecule has 0 saturated carbocycles. The second-order valence-corrected chi connectivity index (χ2v) is 6.27. The van der Waals surface area contributed by atoms with Crippen LogP contribution in [0.15, 0.2) is 48.7 Å². The highest BCUT2D eigenvalue weighted by Gasteiger charge is 2.20. The molecule has 1 atom stereocenters. The molecule has 0 aliphatic heterocycles. The summed E-state index contributed by atoms with van der Waals surface area (Å²) in [6.45, 7) is -0.0711. The molecule has 0 unspecified atom stereocenters. The maximum atomic E-state index is 11.2. The number of nitrogens with zero attached hydrogens (tertiary/aromatic N) is 3. The summed E-state index contributed by atoms with van der Waals surface area (Å²) in [7, 11) is 0. The summed E-state index contributed by atoms with van der Waals surface area (Å²) in [5.74, 6) is 0. The Morgan fingerprint density at radius 3 is 2.70 bits per heavy atom. The Kier molecular flexibility index (Phi) is 5.50. The van der Waals surface area contributed by atoms with E-state index in [2.05, 4.69) is 16.4 Å². The van der Waals surface area contributed by atoms with Crippen molar-refractivity contribution < 1.29 is 10.0 Å². The summed E-state index contributed by atoms with van der Waals surface area (Å²) in [6.07, 6.45) is 1.77. The van der Waals surface area contributed by atoms with Crippen LogP contribution in [-0.2, 0) is 0 Å². The Hall–Kier alpha value is -3.21. The molecule has 136 valence electrons. The van der Waals surface area contributed by atoms with E-state index < -0.39 is 4.92 Å². The number of nitro groups is 1. The van der Waals surface area contributed by atoms with Gasteiger partial charge in [-0.2, -0.15) is 5.26 Å². The summed E-state index contributed by atoms with van der Waals surface area (Å²) in [5.41, 5.74) is 1.72. The Bertz CT molecular complexity index is 1030. The van der Waals surface area contributed by atoms with E-state index in [1.165, 1.54) is 18.3 Å². The van der Waals surface area contributed by atoms with E-state index in [0.717, 1.165) is 5.56 Å². The van der Waals surface area contributed by atoms with Crippen LogP contribution in [0, 0.1) is 21.4 Å². The van der Waals surface area contributed by atoms with Crippen molar-refractivity contribution in [2.24, 2.45) is 0 Å². The molecule has 0 amide bonds. The van der Waals surface area contributed by atoms with Crippen molar-refractivity contribution >= 4 is 33.9 Å². The largest absolute Gasteiger partial charge is 0.396 e. The normalized spacial score (nSPS) is 11.7. The van der Waals surface area contributed by atoms with Crippen molar-refractivity contribution in [3.8, 4) is 6.07 Å². The van der Waals surface area contributed by atoms with Crippen LogP contribution in [-0.4, -0.2) is 21.6 Å². The minimum absolute atomic E-state index is 0.0711. The zero-order valence-electron chi connectivity index (χ0n) is 14.1. The number of aliphatic hydroxyl groups excluding tert-OH is 1. The molecule has 1 aromatic heterocycles. The first kappa shape index (κ1) is 18.6. The maximum Gasteiger partial charge on any atom is 0.271 e. The van der Waals surface area contributed by atoms with Crippen molar-refractivity contribution in [1.82, 2.24) is 4.98 Å². The number of nitro benzene ring substituents is 1. The van der Waals surface area contributed by atoms with Gasteiger partial charge >= 0.3 is 0 Å². The number of hydrogen-bond donors (Lipinski definition) is 2. The van der Waals surface area contributed by atoms with E-state index in [4.69, 9.17) is 11.6 Å². The zero-order chi connectivity index (χ0) is 19.4. The van der Waals surface area contributed by atoms with Gasteiger partial charge in [0.1, 0.15) is 6.07 Å². The fourth-order valence-electron chi connectivity index (χ4n) is 2.90. The van der Waals surface area contributed by atoms with E-state index in [-0.39, 0.29) is 28.9 Å². The van der Waals surface area contributed by atoms with E-state index in [9.17, 15) is 20.5 Å². The first-order valence-corrected chi connectivity index (χ1v) is 8.52. The molecule has 27 heavy (non-hydrogen) atoms. The van der Waals surface area contributed by atoms with Crippen molar-refractivity contribution in [3.05, 3.63) is 74.9 Å². The number of rotatable bonds is 6. The molecule has 0 saturated heterocycles. The molecular formula is C19H15ClN4O3. The number of fused-ring (bicyclic) bond motifs is 1. The predicted octanol–water partition coefficient (Wildman–Crippen LogP) is 4.20. The number of pyridine rings is 1. The number of halogens is 1. The quantitative estimate of drug-likeness (QED) is 0.488. The standard InChI is InChI=1S/C19H15ClN4O3/c20-16-9-14(24(26)27)8-15-18(13(10-21)11-22-19(15)16)23-17(6-7-25)12-4-2-1-3-5-12/h1-5,8-9,11,17,25H,6-7H2,(H,22,23)/t17-/m1/s1. The molecule has 7 nitrogen and oxygen atoms in total. The molecule has 3 rings (SSSR count). The van der Waals surface area contributed by atoms with Crippen LogP contribution in [0.3, 0.4) is 0 Å². The van der Waals surface area contributed by atoms with Gasteiger partial charge in [-0.1, -0.05) is 41.9 Å². The first-order chi connectivity index (χ1) is 13.0. The lowest BCUT2D eigenvalue weighted by molar-refractivity contribution is -0.384. The van der Waals surface area contributed by atoms with Gasteiger partial charge in [0.05, 0.1) is 32.8 Å². The molecule has 1 heterocycles. The molecule has 0 aliphatic rings. The highest BCUT2D eigenvalue weighted by Crippen LogP contribution is 2.36. The second-order valence-electron chi connectivity index (χ2n) is 5.86. The van der Waals surface area contributed by atoms with Crippen LogP contribution >= 0.6 is 11.6 Å². The molecule has 2 N–H and O–H groups in total. The minimum atomic E-state index is -0.545. The number of aromatic nitrogens is 1. The summed E-state index contributed by atoms with van der Waals surface area (Å²) in [6, 6.07) is 13.8. The number of nitriles is 1. The molecule has 0 spiro atoms. The summed E-state index contributed by atoms with van der Waals surface area (Å²) in [4.78, 5) is 14.8. The Balaban J connectivity index is 2.19. The summed E-state index contributed by atoms with van der Waals surface area (Å²) >= 11 is 6.17. The van der Waals surface area contributed by atoms with Crippen LogP contribution in [0.1, 0.15) is 23.6 Å². The molecular weight excluding hydrogens is 368 g/mol. The van der Waals surface area contributed by atoms with Crippen LogP contribution < -0.4 is 5.32 Å². The molecule has 0 bridgehead atoms. The second kappa shape index (κ2) is 7.99. The number of non-ortho nitro benzene ring substituents is 1.